The first-order chi connectivity index (χ1) is 7.70. The summed E-state index contributed by atoms with van der Waals surface area (Å²) in [5.41, 5.74) is 0. The van der Waals surface area contributed by atoms with Gasteiger partial charge >= 0.3 is 0 Å². The highest BCUT2D eigenvalue weighted by atomic mass is 16.5. The third kappa shape index (κ3) is 1.54. The standard InChI is InChI=1S/C15H26O/c1-4-16-15-8-11-7-14(15)13-6-10(9(2)3)5-12(11)13/h9-15H,4-8H2,1-3H3. The summed E-state index contributed by atoms with van der Waals surface area (Å²) in [6.45, 7) is 7.88. The molecule has 92 valence electrons. The molecule has 1 heteroatoms. The molecule has 16 heavy (non-hydrogen) atoms. The molecule has 2 bridgehead atoms. The first-order valence-corrected chi connectivity index (χ1v) is 7.32. The van der Waals surface area contributed by atoms with Crippen LogP contribution in [0.5, 0.6) is 0 Å². The van der Waals surface area contributed by atoms with Gasteiger partial charge in [0, 0.05) is 6.61 Å². The van der Waals surface area contributed by atoms with Crippen LogP contribution in [0.3, 0.4) is 0 Å². The Hall–Kier alpha value is -0.0400. The van der Waals surface area contributed by atoms with Crippen molar-refractivity contribution in [1.82, 2.24) is 0 Å². The molecule has 0 aromatic carbocycles. The minimum absolute atomic E-state index is 0.627. The second kappa shape index (κ2) is 4.01. The molecule has 3 fully saturated rings. The Balaban J connectivity index is 1.69. The third-order valence-electron chi connectivity index (χ3n) is 5.77. The van der Waals surface area contributed by atoms with E-state index < -0.39 is 0 Å². The van der Waals surface area contributed by atoms with E-state index in [1.165, 1.54) is 25.7 Å². The molecule has 0 radical (unpaired) electrons. The number of ether oxygens (including phenoxy) is 1. The Bertz CT molecular complexity index is 260. The van der Waals surface area contributed by atoms with Crippen LogP contribution in [0.1, 0.15) is 46.5 Å². The van der Waals surface area contributed by atoms with Crippen molar-refractivity contribution in [3.05, 3.63) is 0 Å². The molecule has 3 rings (SSSR count). The van der Waals surface area contributed by atoms with E-state index in [9.17, 15) is 0 Å². The Labute approximate surface area is 99.9 Å². The van der Waals surface area contributed by atoms with E-state index in [4.69, 9.17) is 4.74 Å². The Morgan fingerprint density at radius 2 is 1.75 bits per heavy atom. The average molecular weight is 222 g/mol. The molecule has 3 aliphatic carbocycles. The fourth-order valence-electron chi connectivity index (χ4n) is 5.00. The lowest BCUT2D eigenvalue weighted by molar-refractivity contribution is -0.00403. The van der Waals surface area contributed by atoms with E-state index in [0.29, 0.717) is 6.10 Å². The first kappa shape index (κ1) is 11.1. The lowest BCUT2D eigenvalue weighted by Gasteiger charge is -2.31. The van der Waals surface area contributed by atoms with Crippen molar-refractivity contribution in [2.75, 3.05) is 6.61 Å². The molecule has 0 aromatic heterocycles. The van der Waals surface area contributed by atoms with Crippen LogP contribution < -0.4 is 0 Å². The van der Waals surface area contributed by atoms with E-state index in [1.807, 2.05) is 0 Å². The van der Waals surface area contributed by atoms with Crippen molar-refractivity contribution in [1.29, 1.82) is 0 Å². The van der Waals surface area contributed by atoms with E-state index >= 15 is 0 Å². The summed E-state index contributed by atoms with van der Waals surface area (Å²) < 4.78 is 5.94. The maximum absolute atomic E-state index is 5.94. The smallest absolute Gasteiger partial charge is 0.0608 e. The van der Waals surface area contributed by atoms with Gasteiger partial charge in [0.1, 0.15) is 0 Å². The second-order valence-electron chi connectivity index (χ2n) is 6.69. The third-order valence-corrected chi connectivity index (χ3v) is 5.77. The molecule has 3 aliphatic rings. The van der Waals surface area contributed by atoms with Gasteiger partial charge in [-0.3, -0.25) is 0 Å². The molecule has 0 heterocycles. The van der Waals surface area contributed by atoms with Gasteiger partial charge in [-0.15, -0.1) is 0 Å². The molecule has 1 nitrogen and oxygen atoms in total. The summed E-state index contributed by atoms with van der Waals surface area (Å²) in [5, 5.41) is 0. The number of rotatable bonds is 3. The van der Waals surface area contributed by atoms with Crippen molar-refractivity contribution in [2.45, 2.75) is 52.6 Å². The molecule has 0 amide bonds. The average Bonchev–Trinajstić information content (AvgIpc) is 2.85. The summed E-state index contributed by atoms with van der Waals surface area (Å²) in [6, 6.07) is 0. The van der Waals surface area contributed by atoms with E-state index in [0.717, 1.165) is 42.1 Å². The van der Waals surface area contributed by atoms with Gasteiger partial charge in [0.05, 0.1) is 6.10 Å². The maximum atomic E-state index is 5.94. The lowest BCUT2D eigenvalue weighted by Crippen LogP contribution is -2.30. The number of hydrogen-bond donors (Lipinski definition) is 0. The van der Waals surface area contributed by atoms with E-state index in [-0.39, 0.29) is 0 Å². The highest BCUT2D eigenvalue weighted by molar-refractivity contribution is 5.05. The monoisotopic (exact) mass is 222 g/mol. The molecule has 3 saturated carbocycles. The second-order valence-corrected chi connectivity index (χ2v) is 6.69. The van der Waals surface area contributed by atoms with Crippen molar-refractivity contribution in [3.8, 4) is 0 Å². The van der Waals surface area contributed by atoms with E-state index in [2.05, 4.69) is 20.8 Å². The van der Waals surface area contributed by atoms with Gasteiger partial charge in [0.25, 0.3) is 0 Å². The Kier molecular flexibility index (Phi) is 2.78. The van der Waals surface area contributed by atoms with Crippen LogP contribution in [0.25, 0.3) is 0 Å². The van der Waals surface area contributed by atoms with Gasteiger partial charge in [-0.2, -0.15) is 0 Å². The van der Waals surface area contributed by atoms with Gasteiger partial charge in [-0.1, -0.05) is 13.8 Å². The van der Waals surface area contributed by atoms with Crippen molar-refractivity contribution in [3.63, 3.8) is 0 Å². The summed E-state index contributed by atoms with van der Waals surface area (Å²) >= 11 is 0. The van der Waals surface area contributed by atoms with E-state index in [1.54, 1.807) is 0 Å². The maximum Gasteiger partial charge on any atom is 0.0608 e. The van der Waals surface area contributed by atoms with Crippen LogP contribution in [0.2, 0.25) is 0 Å². The molecular weight excluding hydrogens is 196 g/mol. The topological polar surface area (TPSA) is 9.23 Å². The minimum atomic E-state index is 0.627. The Morgan fingerprint density at radius 1 is 1.00 bits per heavy atom. The summed E-state index contributed by atoms with van der Waals surface area (Å²) in [4.78, 5) is 0. The molecule has 6 unspecified atom stereocenters. The fraction of sp³-hybridized carbons (Fsp3) is 1.00. The Morgan fingerprint density at radius 3 is 2.44 bits per heavy atom. The molecule has 0 N–H and O–H groups in total. The molecule has 0 aromatic rings. The van der Waals surface area contributed by atoms with Crippen molar-refractivity contribution >= 4 is 0 Å². The highest BCUT2D eigenvalue weighted by Crippen LogP contribution is 2.61. The molecular formula is C15H26O. The summed E-state index contributed by atoms with van der Waals surface area (Å²) in [6.07, 6.45) is 6.53. The van der Waals surface area contributed by atoms with Gasteiger partial charge in [-0.05, 0) is 68.1 Å². The summed E-state index contributed by atoms with van der Waals surface area (Å²) in [7, 11) is 0. The zero-order valence-electron chi connectivity index (χ0n) is 11.0. The minimum Gasteiger partial charge on any atom is -0.378 e. The predicted molar refractivity (Wildman–Crippen MR) is 66.2 cm³/mol. The SMILES string of the molecule is CCOC1CC2CC1C1CC(C(C)C)CC21. The normalized spacial score (nSPS) is 50.2. The highest BCUT2D eigenvalue weighted by Gasteiger charge is 2.56. The molecule has 0 saturated heterocycles. The van der Waals surface area contributed by atoms with Gasteiger partial charge in [-0.25, -0.2) is 0 Å². The van der Waals surface area contributed by atoms with Crippen LogP contribution in [-0.4, -0.2) is 12.7 Å². The summed E-state index contributed by atoms with van der Waals surface area (Å²) in [5.74, 6) is 5.97. The van der Waals surface area contributed by atoms with Crippen LogP contribution in [-0.2, 0) is 4.74 Å². The van der Waals surface area contributed by atoms with Crippen LogP contribution in [0, 0.1) is 35.5 Å². The van der Waals surface area contributed by atoms with Gasteiger partial charge < -0.3 is 4.74 Å². The largest absolute Gasteiger partial charge is 0.378 e. The van der Waals surface area contributed by atoms with Gasteiger partial charge in [0.15, 0.2) is 0 Å². The first-order valence-electron chi connectivity index (χ1n) is 7.32. The molecule has 6 atom stereocenters. The van der Waals surface area contributed by atoms with Crippen molar-refractivity contribution in [2.24, 2.45) is 35.5 Å². The fourth-order valence-corrected chi connectivity index (χ4v) is 5.00. The molecule has 0 spiro atoms. The molecule has 0 aliphatic heterocycles. The number of hydrogen-bond acceptors (Lipinski definition) is 1. The van der Waals surface area contributed by atoms with Crippen LogP contribution >= 0.6 is 0 Å². The number of fused-ring (bicyclic) bond motifs is 5. The zero-order chi connectivity index (χ0) is 11.3. The van der Waals surface area contributed by atoms with Crippen molar-refractivity contribution < 1.29 is 4.74 Å². The van der Waals surface area contributed by atoms with Gasteiger partial charge in [0.2, 0.25) is 0 Å². The lowest BCUT2D eigenvalue weighted by atomic mass is 9.80. The van der Waals surface area contributed by atoms with Crippen LogP contribution in [0.15, 0.2) is 0 Å². The zero-order valence-corrected chi connectivity index (χ0v) is 11.0. The predicted octanol–water partition coefficient (Wildman–Crippen LogP) is 3.73. The quantitative estimate of drug-likeness (QED) is 0.707. The van der Waals surface area contributed by atoms with Crippen LogP contribution in [0.4, 0.5) is 0 Å².